The molecule has 1 aromatic rings. The van der Waals surface area contributed by atoms with Gasteiger partial charge in [0, 0.05) is 19.0 Å². The summed E-state index contributed by atoms with van der Waals surface area (Å²) in [6.07, 6.45) is 1.67. The Kier molecular flexibility index (Phi) is 5.20. The normalized spacial score (nSPS) is 13.9. The lowest BCUT2D eigenvalue weighted by molar-refractivity contribution is -0.125. The monoisotopic (exact) mass is 290 g/mol. The first-order valence-corrected chi connectivity index (χ1v) is 7.47. The van der Waals surface area contributed by atoms with Crippen LogP contribution in [0.1, 0.15) is 26.7 Å². The number of nitrogens with zero attached hydrogens (tertiary/aromatic N) is 1. The number of anilines is 1. The Morgan fingerprint density at radius 2 is 2.05 bits per heavy atom. The molecule has 1 aliphatic heterocycles. The third-order valence-electron chi connectivity index (χ3n) is 3.80. The second-order valence-electron chi connectivity index (χ2n) is 5.11. The molecule has 0 aromatic heterocycles. The average molecular weight is 290 g/mol. The van der Waals surface area contributed by atoms with Gasteiger partial charge in [-0.2, -0.15) is 0 Å². The quantitative estimate of drug-likeness (QED) is 0.871. The molecule has 1 heterocycles. The van der Waals surface area contributed by atoms with Gasteiger partial charge in [-0.3, -0.25) is 9.59 Å². The second-order valence-corrected chi connectivity index (χ2v) is 5.11. The summed E-state index contributed by atoms with van der Waals surface area (Å²) in [5.74, 6) is 0.751. The van der Waals surface area contributed by atoms with Crippen molar-refractivity contribution in [3.8, 4) is 5.75 Å². The molecule has 0 bridgehead atoms. The molecule has 0 saturated heterocycles. The Hall–Kier alpha value is -2.04. The molecule has 0 atom stereocenters. The second kappa shape index (κ2) is 7.11. The van der Waals surface area contributed by atoms with Crippen LogP contribution < -0.4 is 15.0 Å². The molecule has 0 fully saturated rings. The molecule has 2 rings (SSSR count). The Balaban J connectivity index is 1.94. The molecule has 21 heavy (non-hydrogen) atoms. The van der Waals surface area contributed by atoms with Crippen LogP contribution in [-0.2, 0) is 9.59 Å². The highest BCUT2D eigenvalue weighted by Crippen LogP contribution is 2.30. The van der Waals surface area contributed by atoms with Crippen molar-refractivity contribution in [2.45, 2.75) is 26.7 Å². The number of para-hydroxylation sites is 2. The molecule has 0 unspecified atom stereocenters. The zero-order chi connectivity index (χ0) is 15.2. The van der Waals surface area contributed by atoms with E-state index in [-0.39, 0.29) is 24.3 Å². The minimum Gasteiger partial charge on any atom is -0.482 e. The minimum atomic E-state index is -0.0783. The number of nitrogens with one attached hydrogen (secondary N) is 1. The standard InChI is InChI=1S/C16H22N2O3/c1-3-12(4-2)16(20)17-9-10-18-13-7-5-6-8-14(13)21-11-15(18)19/h5-8,12H,3-4,9-11H2,1-2H3,(H,17,20). The summed E-state index contributed by atoms with van der Waals surface area (Å²) in [7, 11) is 0. The molecule has 114 valence electrons. The van der Waals surface area contributed by atoms with Gasteiger partial charge < -0.3 is 15.0 Å². The van der Waals surface area contributed by atoms with Crippen LogP contribution in [0.5, 0.6) is 5.75 Å². The van der Waals surface area contributed by atoms with E-state index >= 15 is 0 Å². The zero-order valence-corrected chi connectivity index (χ0v) is 12.6. The van der Waals surface area contributed by atoms with Crippen molar-refractivity contribution in [2.75, 3.05) is 24.6 Å². The van der Waals surface area contributed by atoms with Gasteiger partial charge in [-0.25, -0.2) is 0 Å². The molecule has 1 aliphatic rings. The van der Waals surface area contributed by atoms with Crippen molar-refractivity contribution in [3.63, 3.8) is 0 Å². The maximum atomic E-state index is 12.0. The summed E-state index contributed by atoms with van der Waals surface area (Å²) in [6.45, 7) is 4.99. The molecule has 0 saturated carbocycles. The van der Waals surface area contributed by atoms with Crippen LogP contribution in [-0.4, -0.2) is 31.5 Å². The predicted octanol–water partition coefficient (Wildman–Crippen LogP) is 1.96. The van der Waals surface area contributed by atoms with Crippen LogP contribution >= 0.6 is 0 Å². The molecular weight excluding hydrogens is 268 g/mol. The molecule has 5 nitrogen and oxygen atoms in total. The van der Waals surface area contributed by atoms with E-state index < -0.39 is 0 Å². The first-order valence-electron chi connectivity index (χ1n) is 7.47. The smallest absolute Gasteiger partial charge is 0.265 e. The lowest BCUT2D eigenvalue weighted by Crippen LogP contribution is -2.44. The Bertz CT molecular complexity index is 512. The summed E-state index contributed by atoms with van der Waals surface area (Å²) in [4.78, 5) is 25.6. The third-order valence-corrected chi connectivity index (χ3v) is 3.80. The molecule has 0 radical (unpaired) electrons. The number of ether oxygens (including phenoxy) is 1. The molecule has 1 N–H and O–H groups in total. The van der Waals surface area contributed by atoms with Gasteiger partial charge in [-0.1, -0.05) is 26.0 Å². The van der Waals surface area contributed by atoms with E-state index in [9.17, 15) is 9.59 Å². The van der Waals surface area contributed by atoms with Crippen LogP contribution in [0.25, 0.3) is 0 Å². The first kappa shape index (κ1) is 15.4. The fraction of sp³-hybridized carbons (Fsp3) is 0.500. The topological polar surface area (TPSA) is 58.6 Å². The number of amides is 2. The van der Waals surface area contributed by atoms with Gasteiger partial charge in [-0.05, 0) is 25.0 Å². The summed E-state index contributed by atoms with van der Waals surface area (Å²) in [5, 5.41) is 2.91. The van der Waals surface area contributed by atoms with E-state index in [0.717, 1.165) is 18.5 Å². The van der Waals surface area contributed by atoms with Crippen molar-refractivity contribution in [1.29, 1.82) is 0 Å². The maximum Gasteiger partial charge on any atom is 0.265 e. The van der Waals surface area contributed by atoms with Gasteiger partial charge in [0.1, 0.15) is 5.75 Å². The van der Waals surface area contributed by atoms with E-state index in [1.54, 1.807) is 4.90 Å². The van der Waals surface area contributed by atoms with E-state index in [1.165, 1.54) is 0 Å². The number of fused-ring (bicyclic) bond motifs is 1. The van der Waals surface area contributed by atoms with Crippen molar-refractivity contribution in [1.82, 2.24) is 5.32 Å². The zero-order valence-electron chi connectivity index (χ0n) is 12.6. The van der Waals surface area contributed by atoms with E-state index in [2.05, 4.69) is 5.32 Å². The lowest BCUT2D eigenvalue weighted by atomic mass is 10.0. The summed E-state index contributed by atoms with van der Waals surface area (Å²) >= 11 is 0. The number of rotatable bonds is 6. The van der Waals surface area contributed by atoms with Crippen LogP contribution in [0.4, 0.5) is 5.69 Å². The van der Waals surface area contributed by atoms with E-state index in [0.29, 0.717) is 18.8 Å². The number of hydrogen-bond acceptors (Lipinski definition) is 3. The van der Waals surface area contributed by atoms with Crippen molar-refractivity contribution in [2.24, 2.45) is 5.92 Å². The molecule has 5 heteroatoms. The summed E-state index contributed by atoms with van der Waals surface area (Å²) < 4.78 is 5.39. The molecule has 1 aromatic carbocycles. The van der Waals surface area contributed by atoms with Crippen molar-refractivity contribution < 1.29 is 14.3 Å². The van der Waals surface area contributed by atoms with Crippen LogP contribution in [0.3, 0.4) is 0 Å². The van der Waals surface area contributed by atoms with Crippen molar-refractivity contribution in [3.05, 3.63) is 24.3 Å². The minimum absolute atomic E-state index is 0.0531. The maximum absolute atomic E-state index is 12.0. The first-order chi connectivity index (χ1) is 10.2. The highest BCUT2D eigenvalue weighted by molar-refractivity contribution is 5.97. The largest absolute Gasteiger partial charge is 0.482 e. The Morgan fingerprint density at radius 3 is 2.76 bits per heavy atom. The van der Waals surface area contributed by atoms with Gasteiger partial charge in [0.25, 0.3) is 5.91 Å². The summed E-state index contributed by atoms with van der Waals surface area (Å²) in [6, 6.07) is 7.45. The SMILES string of the molecule is CCC(CC)C(=O)NCCN1C(=O)COc2ccccc21. The molecule has 2 amide bonds. The van der Waals surface area contributed by atoms with Crippen LogP contribution in [0.15, 0.2) is 24.3 Å². The molecule has 0 spiro atoms. The third kappa shape index (κ3) is 3.54. The van der Waals surface area contributed by atoms with Gasteiger partial charge in [-0.15, -0.1) is 0 Å². The lowest BCUT2D eigenvalue weighted by Gasteiger charge is -2.29. The van der Waals surface area contributed by atoms with Gasteiger partial charge in [0.2, 0.25) is 5.91 Å². The Morgan fingerprint density at radius 1 is 1.33 bits per heavy atom. The number of hydrogen-bond donors (Lipinski definition) is 1. The van der Waals surface area contributed by atoms with Gasteiger partial charge in [0.15, 0.2) is 6.61 Å². The predicted molar refractivity (Wildman–Crippen MR) is 81.4 cm³/mol. The van der Waals surface area contributed by atoms with Crippen LogP contribution in [0, 0.1) is 5.92 Å². The average Bonchev–Trinajstić information content (AvgIpc) is 2.50. The molecule has 0 aliphatic carbocycles. The van der Waals surface area contributed by atoms with E-state index in [4.69, 9.17) is 4.74 Å². The number of carbonyl (C=O) groups is 2. The number of carbonyl (C=O) groups excluding carboxylic acids is 2. The highest BCUT2D eigenvalue weighted by Gasteiger charge is 2.25. The van der Waals surface area contributed by atoms with Gasteiger partial charge >= 0.3 is 0 Å². The van der Waals surface area contributed by atoms with E-state index in [1.807, 2.05) is 38.1 Å². The number of benzene rings is 1. The fourth-order valence-corrected chi connectivity index (χ4v) is 2.49. The Labute approximate surface area is 125 Å². The van der Waals surface area contributed by atoms with Crippen LogP contribution in [0.2, 0.25) is 0 Å². The molecular formula is C16H22N2O3. The summed E-state index contributed by atoms with van der Waals surface area (Å²) in [5.41, 5.74) is 0.769. The van der Waals surface area contributed by atoms with Gasteiger partial charge in [0.05, 0.1) is 5.69 Å². The highest BCUT2D eigenvalue weighted by atomic mass is 16.5. The van der Waals surface area contributed by atoms with Crippen molar-refractivity contribution >= 4 is 17.5 Å². The fourth-order valence-electron chi connectivity index (χ4n) is 2.49.